The molecule has 0 unspecified atom stereocenters. The second kappa shape index (κ2) is 8.39. The van der Waals surface area contributed by atoms with Crippen LogP contribution in [0.25, 0.3) is 16.6 Å². The molecule has 0 aliphatic rings. The lowest BCUT2D eigenvalue weighted by atomic mass is 10.1. The number of hydrogen-bond donors (Lipinski definition) is 2. The van der Waals surface area contributed by atoms with Crippen LogP contribution in [0.2, 0.25) is 0 Å². The Morgan fingerprint density at radius 2 is 1.77 bits per heavy atom. The fourth-order valence-electron chi connectivity index (χ4n) is 3.48. The van der Waals surface area contributed by atoms with Crippen LogP contribution in [-0.4, -0.2) is 31.8 Å². The maximum atomic E-state index is 12.6. The Balaban J connectivity index is 1.50. The lowest BCUT2D eigenvalue weighted by Gasteiger charge is -2.13. The molecule has 158 valence electrons. The minimum atomic E-state index is -0.559. The predicted molar refractivity (Wildman–Crippen MR) is 124 cm³/mol. The van der Waals surface area contributed by atoms with Crippen molar-refractivity contribution < 1.29 is 9.59 Å². The van der Waals surface area contributed by atoms with E-state index in [1.807, 2.05) is 73.7 Å². The zero-order valence-electron chi connectivity index (χ0n) is 17.8. The number of nitrogens with one attached hydrogen (secondary N) is 2. The Labute approximate surface area is 184 Å². The van der Waals surface area contributed by atoms with Crippen LogP contribution in [0.1, 0.15) is 23.6 Å². The molecule has 1 atom stereocenters. The van der Waals surface area contributed by atoms with E-state index in [4.69, 9.17) is 0 Å². The second-order valence-electron chi connectivity index (χ2n) is 7.54. The Morgan fingerprint density at radius 3 is 2.55 bits per heavy atom. The SMILES string of the molecule is Cc1ccc(NC(=O)NC(=O)[C@@H](C)Sc2nnc3cc(C)c4ccccc4n23)c(C)c1. The normalized spacial score (nSPS) is 12.1. The number of benzene rings is 2. The summed E-state index contributed by atoms with van der Waals surface area (Å²) in [5.41, 5.74) is 5.52. The topological polar surface area (TPSA) is 88.4 Å². The van der Waals surface area contributed by atoms with Crippen LogP contribution in [0.15, 0.2) is 53.7 Å². The molecule has 7 nitrogen and oxygen atoms in total. The van der Waals surface area contributed by atoms with E-state index in [0.29, 0.717) is 10.8 Å². The molecule has 2 aromatic carbocycles. The molecule has 2 aromatic heterocycles. The van der Waals surface area contributed by atoms with Crippen molar-refractivity contribution in [2.24, 2.45) is 0 Å². The average Bonchev–Trinajstić information content (AvgIpc) is 3.12. The number of rotatable bonds is 4. The first-order valence-corrected chi connectivity index (χ1v) is 10.8. The van der Waals surface area contributed by atoms with Crippen LogP contribution < -0.4 is 10.6 Å². The fraction of sp³-hybridized carbons (Fsp3) is 0.217. The number of amides is 3. The van der Waals surface area contributed by atoms with Gasteiger partial charge in [-0.2, -0.15) is 0 Å². The van der Waals surface area contributed by atoms with Gasteiger partial charge in [0.1, 0.15) is 0 Å². The average molecular weight is 434 g/mol. The van der Waals surface area contributed by atoms with Gasteiger partial charge in [-0.1, -0.05) is 47.7 Å². The molecule has 0 spiro atoms. The zero-order valence-corrected chi connectivity index (χ0v) is 18.6. The Kier molecular flexibility index (Phi) is 5.65. The minimum absolute atomic E-state index is 0.402. The van der Waals surface area contributed by atoms with Gasteiger partial charge in [0.25, 0.3) is 0 Å². The lowest BCUT2D eigenvalue weighted by Crippen LogP contribution is -2.39. The summed E-state index contributed by atoms with van der Waals surface area (Å²) in [5.74, 6) is -0.402. The van der Waals surface area contributed by atoms with Gasteiger partial charge in [-0.05, 0) is 57.0 Å². The highest BCUT2D eigenvalue weighted by Crippen LogP contribution is 2.28. The van der Waals surface area contributed by atoms with E-state index in [2.05, 4.69) is 20.8 Å². The van der Waals surface area contributed by atoms with Crippen molar-refractivity contribution >= 4 is 45.9 Å². The molecule has 0 saturated heterocycles. The summed E-state index contributed by atoms with van der Waals surface area (Å²) >= 11 is 1.26. The van der Waals surface area contributed by atoms with Gasteiger partial charge in [0, 0.05) is 11.1 Å². The number of aromatic nitrogens is 3. The molecule has 0 fully saturated rings. The third-order valence-corrected chi connectivity index (χ3v) is 6.13. The molecule has 2 N–H and O–H groups in total. The molecule has 0 radical (unpaired) electrons. The largest absolute Gasteiger partial charge is 0.325 e. The number of pyridine rings is 1. The molecule has 0 bridgehead atoms. The molecule has 3 amide bonds. The second-order valence-corrected chi connectivity index (χ2v) is 8.85. The van der Waals surface area contributed by atoms with Gasteiger partial charge in [0.2, 0.25) is 5.91 Å². The summed E-state index contributed by atoms with van der Waals surface area (Å²) in [7, 11) is 0. The number of thioether (sulfide) groups is 1. The van der Waals surface area contributed by atoms with Gasteiger partial charge >= 0.3 is 6.03 Å². The third kappa shape index (κ3) is 4.25. The number of aryl methyl sites for hydroxylation is 3. The minimum Gasteiger partial charge on any atom is -0.307 e. The number of para-hydroxylation sites is 1. The van der Waals surface area contributed by atoms with E-state index in [1.54, 1.807) is 6.92 Å². The van der Waals surface area contributed by atoms with Gasteiger partial charge in [-0.3, -0.25) is 14.5 Å². The van der Waals surface area contributed by atoms with Crippen LogP contribution in [0.5, 0.6) is 0 Å². The predicted octanol–water partition coefficient (Wildman–Crippen LogP) is 4.64. The highest BCUT2D eigenvalue weighted by atomic mass is 32.2. The van der Waals surface area contributed by atoms with Crippen molar-refractivity contribution in [2.75, 3.05) is 5.32 Å². The van der Waals surface area contributed by atoms with E-state index in [-0.39, 0.29) is 0 Å². The van der Waals surface area contributed by atoms with Gasteiger partial charge in [-0.15, -0.1) is 10.2 Å². The smallest absolute Gasteiger partial charge is 0.307 e. The van der Waals surface area contributed by atoms with Crippen molar-refractivity contribution in [2.45, 2.75) is 38.1 Å². The Bertz CT molecular complexity index is 1310. The zero-order chi connectivity index (χ0) is 22.1. The highest BCUT2D eigenvalue weighted by Gasteiger charge is 2.21. The highest BCUT2D eigenvalue weighted by molar-refractivity contribution is 8.00. The summed E-state index contributed by atoms with van der Waals surface area (Å²) in [5, 5.41) is 14.8. The number of urea groups is 1. The molecular formula is C23H23N5O2S. The summed E-state index contributed by atoms with van der Waals surface area (Å²) in [6, 6.07) is 15.1. The van der Waals surface area contributed by atoms with Crippen molar-refractivity contribution in [1.29, 1.82) is 0 Å². The first kappa shape index (κ1) is 20.9. The van der Waals surface area contributed by atoms with Crippen LogP contribution >= 0.6 is 11.8 Å². The van der Waals surface area contributed by atoms with Gasteiger partial charge in [0.05, 0.1) is 10.8 Å². The van der Waals surface area contributed by atoms with Crippen LogP contribution in [0.3, 0.4) is 0 Å². The molecule has 2 heterocycles. The van der Waals surface area contributed by atoms with E-state index >= 15 is 0 Å². The number of carbonyl (C=O) groups excluding carboxylic acids is 2. The lowest BCUT2D eigenvalue weighted by molar-refractivity contribution is -0.119. The molecular weight excluding hydrogens is 410 g/mol. The van der Waals surface area contributed by atoms with E-state index in [1.165, 1.54) is 11.8 Å². The molecule has 4 rings (SSSR count). The Hall–Kier alpha value is -3.39. The molecule has 31 heavy (non-hydrogen) atoms. The Morgan fingerprint density at radius 1 is 1.00 bits per heavy atom. The van der Waals surface area contributed by atoms with Crippen molar-refractivity contribution in [3.05, 3.63) is 65.2 Å². The van der Waals surface area contributed by atoms with E-state index in [0.717, 1.165) is 33.2 Å². The molecule has 0 aliphatic carbocycles. The molecule has 0 saturated carbocycles. The van der Waals surface area contributed by atoms with Gasteiger partial charge in [0.15, 0.2) is 10.8 Å². The standard InChI is InChI=1S/C23H23N5O2S/c1-13-9-10-18(15(3)11-13)24-22(30)25-21(29)16(4)31-23-27-26-20-12-14(2)17-7-5-6-8-19(17)28(20)23/h5-12,16H,1-4H3,(H2,24,25,29,30)/t16-/m1/s1. The molecule has 4 aromatic rings. The number of fused-ring (bicyclic) bond motifs is 3. The third-order valence-electron chi connectivity index (χ3n) is 5.09. The number of nitrogens with zero attached hydrogens (tertiary/aromatic N) is 3. The summed E-state index contributed by atoms with van der Waals surface area (Å²) in [6.45, 7) is 7.67. The van der Waals surface area contributed by atoms with Gasteiger partial charge < -0.3 is 5.32 Å². The fourth-order valence-corrected chi connectivity index (χ4v) is 4.35. The summed E-state index contributed by atoms with van der Waals surface area (Å²) < 4.78 is 1.94. The first-order chi connectivity index (χ1) is 14.8. The maximum absolute atomic E-state index is 12.6. The van der Waals surface area contributed by atoms with E-state index < -0.39 is 17.2 Å². The summed E-state index contributed by atoms with van der Waals surface area (Å²) in [4.78, 5) is 24.9. The molecule has 0 aliphatic heterocycles. The number of carbonyl (C=O) groups is 2. The van der Waals surface area contributed by atoms with Gasteiger partial charge in [-0.25, -0.2) is 4.79 Å². The number of imide groups is 1. The van der Waals surface area contributed by atoms with E-state index in [9.17, 15) is 9.59 Å². The summed E-state index contributed by atoms with van der Waals surface area (Å²) in [6.07, 6.45) is 0. The van der Waals surface area contributed by atoms with Crippen molar-refractivity contribution in [3.63, 3.8) is 0 Å². The quantitative estimate of drug-likeness (QED) is 0.458. The molecule has 8 heteroatoms. The first-order valence-electron chi connectivity index (χ1n) is 9.92. The van der Waals surface area contributed by atoms with Crippen molar-refractivity contribution in [1.82, 2.24) is 19.9 Å². The maximum Gasteiger partial charge on any atom is 0.325 e. The van der Waals surface area contributed by atoms with Crippen LogP contribution in [-0.2, 0) is 4.79 Å². The van der Waals surface area contributed by atoms with Crippen LogP contribution in [0.4, 0.5) is 10.5 Å². The number of anilines is 1. The number of hydrogen-bond acceptors (Lipinski definition) is 5. The van der Waals surface area contributed by atoms with Crippen molar-refractivity contribution in [3.8, 4) is 0 Å². The monoisotopic (exact) mass is 433 g/mol. The van der Waals surface area contributed by atoms with Crippen LogP contribution in [0, 0.1) is 20.8 Å².